The molecule has 1 saturated heterocycles. The van der Waals surface area contributed by atoms with E-state index < -0.39 is 0 Å². The number of likely N-dealkylation sites (tertiary alicyclic amines) is 1. The van der Waals surface area contributed by atoms with Gasteiger partial charge in [-0.25, -0.2) is 4.98 Å². The summed E-state index contributed by atoms with van der Waals surface area (Å²) in [6.45, 7) is 4.32. The number of aryl methyl sites for hydroxylation is 1. The Balaban J connectivity index is 1.49. The lowest BCUT2D eigenvalue weighted by molar-refractivity contribution is 0.0782. The normalized spacial score (nSPS) is 16.0. The number of hydrogen-bond acceptors (Lipinski definition) is 5. The monoisotopic (exact) mass is 406 g/mol. The van der Waals surface area contributed by atoms with Gasteiger partial charge in [0.05, 0.1) is 19.8 Å². The van der Waals surface area contributed by atoms with Crippen LogP contribution in [0, 0.1) is 12.8 Å². The molecular weight excluding hydrogens is 380 g/mol. The number of aromatic nitrogens is 3. The number of nitrogens with zero attached hydrogens (tertiary/aromatic N) is 4. The molecule has 0 aliphatic carbocycles. The van der Waals surface area contributed by atoms with Crippen molar-refractivity contribution in [1.29, 1.82) is 0 Å². The molecule has 0 radical (unpaired) electrons. The van der Waals surface area contributed by atoms with Gasteiger partial charge in [-0.05, 0) is 43.5 Å². The summed E-state index contributed by atoms with van der Waals surface area (Å²) < 4.78 is 12.9. The Morgan fingerprint density at radius 1 is 1.20 bits per heavy atom. The van der Waals surface area contributed by atoms with Gasteiger partial charge in [0.15, 0.2) is 0 Å². The van der Waals surface area contributed by atoms with Crippen LogP contribution in [0.15, 0.2) is 48.9 Å². The lowest BCUT2D eigenvalue weighted by atomic mass is 10.1. The molecule has 4 rings (SSSR count). The number of carbonyl (C=O) groups excluding carboxylic acids is 1. The summed E-state index contributed by atoms with van der Waals surface area (Å²) in [5.41, 5.74) is 2.67. The van der Waals surface area contributed by atoms with Crippen LogP contribution in [0.5, 0.6) is 11.5 Å². The van der Waals surface area contributed by atoms with E-state index in [1.165, 1.54) is 0 Å². The Morgan fingerprint density at radius 3 is 2.80 bits per heavy atom. The number of amides is 1. The average molecular weight is 406 g/mol. The van der Waals surface area contributed by atoms with Crippen molar-refractivity contribution in [3.63, 3.8) is 0 Å². The minimum atomic E-state index is -0.00756. The average Bonchev–Trinajstić information content (AvgIpc) is 3.40. The van der Waals surface area contributed by atoms with E-state index >= 15 is 0 Å². The van der Waals surface area contributed by atoms with Gasteiger partial charge in [0.2, 0.25) is 0 Å². The van der Waals surface area contributed by atoms with Crippen LogP contribution >= 0.6 is 0 Å². The first-order valence-corrected chi connectivity index (χ1v) is 10.0. The van der Waals surface area contributed by atoms with Gasteiger partial charge >= 0.3 is 0 Å². The van der Waals surface area contributed by atoms with Crippen LogP contribution < -0.4 is 9.47 Å². The van der Waals surface area contributed by atoms with Crippen molar-refractivity contribution < 1.29 is 14.3 Å². The van der Waals surface area contributed by atoms with Crippen LogP contribution in [-0.2, 0) is 6.54 Å². The molecule has 1 aliphatic rings. The van der Waals surface area contributed by atoms with E-state index in [2.05, 4.69) is 21.5 Å². The molecule has 0 N–H and O–H groups in total. The van der Waals surface area contributed by atoms with Crippen LogP contribution in [0.3, 0.4) is 0 Å². The second-order valence-corrected chi connectivity index (χ2v) is 7.55. The van der Waals surface area contributed by atoms with E-state index in [1.807, 2.05) is 29.4 Å². The number of methoxy groups -OCH3 is 2. The van der Waals surface area contributed by atoms with Gasteiger partial charge in [-0.3, -0.25) is 9.78 Å². The molecule has 156 valence electrons. The molecule has 1 fully saturated rings. The van der Waals surface area contributed by atoms with Crippen molar-refractivity contribution in [1.82, 2.24) is 19.4 Å². The van der Waals surface area contributed by atoms with Crippen molar-refractivity contribution in [3.8, 4) is 22.9 Å². The first kappa shape index (κ1) is 19.9. The number of pyridine rings is 1. The maximum absolute atomic E-state index is 13.1. The molecule has 0 saturated carbocycles. The second-order valence-electron chi connectivity index (χ2n) is 7.55. The highest BCUT2D eigenvalue weighted by Gasteiger charge is 2.29. The van der Waals surface area contributed by atoms with E-state index in [9.17, 15) is 4.79 Å². The van der Waals surface area contributed by atoms with Gasteiger partial charge in [-0.1, -0.05) is 0 Å². The summed E-state index contributed by atoms with van der Waals surface area (Å²) >= 11 is 0. The molecule has 1 amide bonds. The number of rotatable bonds is 6. The van der Waals surface area contributed by atoms with Crippen molar-refractivity contribution >= 4 is 5.91 Å². The fourth-order valence-electron chi connectivity index (χ4n) is 3.99. The summed E-state index contributed by atoms with van der Waals surface area (Å²) in [5.74, 6) is 2.48. The highest BCUT2D eigenvalue weighted by atomic mass is 16.5. The first-order chi connectivity index (χ1) is 14.6. The van der Waals surface area contributed by atoms with E-state index in [4.69, 9.17) is 9.47 Å². The SMILES string of the molecule is COc1ccc(C(=O)N2CCC(Cn3c(C)cnc3-c3cccnc3)C2)c(OC)c1. The van der Waals surface area contributed by atoms with Crippen molar-refractivity contribution in [2.45, 2.75) is 19.9 Å². The molecular formula is C23H26N4O3. The number of ether oxygens (including phenoxy) is 2. The molecule has 2 aromatic heterocycles. The number of benzene rings is 1. The zero-order valence-electron chi connectivity index (χ0n) is 17.5. The molecule has 30 heavy (non-hydrogen) atoms. The summed E-state index contributed by atoms with van der Waals surface area (Å²) in [7, 11) is 3.17. The molecule has 1 aliphatic heterocycles. The molecule has 3 aromatic rings. The smallest absolute Gasteiger partial charge is 0.257 e. The molecule has 0 bridgehead atoms. The number of carbonyl (C=O) groups is 1. The molecule has 7 heteroatoms. The highest BCUT2D eigenvalue weighted by Crippen LogP contribution is 2.29. The largest absolute Gasteiger partial charge is 0.497 e. The van der Waals surface area contributed by atoms with E-state index in [0.717, 1.165) is 36.6 Å². The Kier molecular flexibility index (Phi) is 5.70. The summed E-state index contributed by atoms with van der Waals surface area (Å²) in [4.78, 5) is 23.8. The van der Waals surface area contributed by atoms with Crippen molar-refractivity contribution in [2.75, 3.05) is 27.3 Å². The zero-order chi connectivity index (χ0) is 21.1. The minimum absolute atomic E-state index is 0.00756. The highest BCUT2D eigenvalue weighted by molar-refractivity contribution is 5.97. The van der Waals surface area contributed by atoms with E-state index in [-0.39, 0.29) is 5.91 Å². The molecule has 0 spiro atoms. The third-order valence-electron chi connectivity index (χ3n) is 5.63. The van der Waals surface area contributed by atoms with Gasteiger partial charge in [0.25, 0.3) is 5.91 Å². The quantitative estimate of drug-likeness (QED) is 0.627. The van der Waals surface area contributed by atoms with E-state index in [1.54, 1.807) is 38.6 Å². The topological polar surface area (TPSA) is 69.5 Å². The van der Waals surface area contributed by atoms with Gasteiger partial charge < -0.3 is 18.9 Å². The third-order valence-corrected chi connectivity index (χ3v) is 5.63. The van der Waals surface area contributed by atoms with Gasteiger partial charge in [0.1, 0.15) is 17.3 Å². The molecule has 3 heterocycles. The lowest BCUT2D eigenvalue weighted by Crippen LogP contribution is -2.29. The fraction of sp³-hybridized carbons (Fsp3) is 0.348. The minimum Gasteiger partial charge on any atom is -0.497 e. The van der Waals surface area contributed by atoms with Crippen LogP contribution in [0.2, 0.25) is 0 Å². The molecule has 7 nitrogen and oxygen atoms in total. The van der Waals surface area contributed by atoms with Crippen LogP contribution in [0.25, 0.3) is 11.4 Å². The van der Waals surface area contributed by atoms with Crippen molar-refractivity contribution in [2.24, 2.45) is 5.92 Å². The number of hydrogen-bond donors (Lipinski definition) is 0. The predicted octanol–water partition coefficient (Wildman–Crippen LogP) is 3.43. The fourth-order valence-corrected chi connectivity index (χ4v) is 3.99. The second kappa shape index (κ2) is 8.57. The summed E-state index contributed by atoms with van der Waals surface area (Å²) in [6.07, 6.45) is 6.44. The molecule has 1 aromatic carbocycles. The van der Waals surface area contributed by atoms with Crippen LogP contribution in [-0.4, -0.2) is 52.7 Å². The maximum atomic E-state index is 13.1. The lowest BCUT2D eigenvalue weighted by Gasteiger charge is -2.19. The predicted molar refractivity (Wildman–Crippen MR) is 114 cm³/mol. The van der Waals surface area contributed by atoms with Crippen molar-refractivity contribution in [3.05, 3.63) is 60.2 Å². The number of imidazole rings is 1. The van der Waals surface area contributed by atoms with Gasteiger partial charge in [0, 0.05) is 55.5 Å². The maximum Gasteiger partial charge on any atom is 0.257 e. The Morgan fingerprint density at radius 2 is 2.07 bits per heavy atom. The van der Waals surface area contributed by atoms with Gasteiger partial charge in [-0.15, -0.1) is 0 Å². The molecule has 1 atom stereocenters. The van der Waals surface area contributed by atoms with E-state index in [0.29, 0.717) is 29.5 Å². The summed E-state index contributed by atoms with van der Waals surface area (Å²) in [6, 6.07) is 9.25. The molecule has 1 unspecified atom stereocenters. The van der Waals surface area contributed by atoms with Gasteiger partial charge in [-0.2, -0.15) is 0 Å². The third kappa shape index (κ3) is 3.87. The zero-order valence-corrected chi connectivity index (χ0v) is 17.5. The Bertz CT molecular complexity index is 1030. The Hall–Kier alpha value is -3.35. The first-order valence-electron chi connectivity index (χ1n) is 10.0. The van der Waals surface area contributed by atoms with Crippen LogP contribution in [0.1, 0.15) is 22.5 Å². The summed E-state index contributed by atoms with van der Waals surface area (Å²) in [5, 5.41) is 0. The van der Waals surface area contributed by atoms with Crippen LogP contribution in [0.4, 0.5) is 0 Å². The Labute approximate surface area is 176 Å². The standard InChI is InChI=1S/C23H26N4O3/c1-16-12-25-22(18-5-4-9-24-13-18)27(16)15-17-8-10-26(14-17)23(28)20-7-6-19(29-2)11-21(20)30-3/h4-7,9,11-13,17H,8,10,14-15H2,1-3H3.